The van der Waals surface area contributed by atoms with Crippen LogP contribution in [0, 0.1) is 0 Å². The summed E-state index contributed by atoms with van der Waals surface area (Å²) in [5, 5.41) is 0. The number of ether oxygens (including phenoxy) is 1. The fraction of sp³-hybridized carbons (Fsp3) is 0.200. The van der Waals surface area contributed by atoms with Gasteiger partial charge < -0.3 is 4.74 Å². The van der Waals surface area contributed by atoms with E-state index in [2.05, 4.69) is 0 Å². The van der Waals surface area contributed by atoms with Gasteiger partial charge in [-0.15, -0.1) is 0 Å². The quantitative estimate of drug-likeness (QED) is 0.463. The van der Waals surface area contributed by atoms with Crippen molar-refractivity contribution in [1.29, 1.82) is 0 Å². The van der Waals surface area contributed by atoms with Crippen LogP contribution in [0.15, 0.2) is 35.1 Å². The summed E-state index contributed by atoms with van der Waals surface area (Å²) in [6, 6.07) is 0. The molecule has 84 valence electrons. The summed E-state index contributed by atoms with van der Waals surface area (Å²) in [5.41, 5.74) is 0.649. The molecule has 0 amide bonds. The summed E-state index contributed by atoms with van der Waals surface area (Å²) in [7, 11) is -2.40. The summed E-state index contributed by atoms with van der Waals surface area (Å²) < 4.78 is 39.4. The van der Waals surface area contributed by atoms with Gasteiger partial charge in [0.15, 0.2) is 0 Å². The van der Waals surface area contributed by atoms with E-state index in [1.165, 1.54) is 25.2 Å². The first-order valence-electron chi connectivity index (χ1n) is 4.43. The minimum absolute atomic E-state index is 0.00309. The Morgan fingerprint density at radius 1 is 1.38 bits per heavy atom. The first-order chi connectivity index (χ1) is 7.50. The van der Waals surface area contributed by atoms with Crippen molar-refractivity contribution in [3.63, 3.8) is 0 Å². The van der Waals surface area contributed by atoms with Crippen molar-refractivity contribution < 1.29 is 22.3 Å². The van der Waals surface area contributed by atoms with Crippen LogP contribution in [-0.2, 0) is 19.8 Å². The largest absolute Gasteiger partial charge is 0.423 e. The SMILES string of the molecule is CC1=C2C=CC(=S(=O)=O)C=C2OC(=O)C1F. The third-order valence-corrected chi connectivity index (χ3v) is 3.01. The Bertz CT molecular complexity index is 584. The Kier molecular flexibility index (Phi) is 2.51. The van der Waals surface area contributed by atoms with E-state index in [4.69, 9.17) is 4.74 Å². The molecule has 1 atom stereocenters. The van der Waals surface area contributed by atoms with Crippen LogP contribution in [0.5, 0.6) is 0 Å². The Balaban J connectivity index is 2.61. The molecule has 4 nitrogen and oxygen atoms in total. The van der Waals surface area contributed by atoms with Crippen LogP contribution >= 0.6 is 0 Å². The van der Waals surface area contributed by atoms with Gasteiger partial charge in [0.05, 0.1) is 4.86 Å². The van der Waals surface area contributed by atoms with Crippen LogP contribution in [-0.4, -0.2) is 25.4 Å². The lowest BCUT2D eigenvalue weighted by atomic mass is 9.97. The number of hydrogen-bond acceptors (Lipinski definition) is 4. The third-order valence-electron chi connectivity index (χ3n) is 2.37. The van der Waals surface area contributed by atoms with Crippen LogP contribution < -0.4 is 0 Å². The molecule has 0 N–H and O–H groups in total. The summed E-state index contributed by atoms with van der Waals surface area (Å²) in [4.78, 5) is 11.1. The summed E-state index contributed by atoms with van der Waals surface area (Å²) in [5.74, 6) is -0.933. The molecule has 16 heavy (non-hydrogen) atoms. The fourth-order valence-corrected chi connectivity index (χ4v) is 1.87. The highest BCUT2D eigenvalue weighted by molar-refractivity contribution is 7.73. The summed E-state index contributed by atoms with van der Waals surface area (Å²) in [6.45, 7) is 1.47. The predicted molar refractivity (Wildman–Crippen MR) is 54.8 cm³/mol. The average Bonchev–Trinajstić information content (AvgIpc) is 2.25. The summed E-state index contributed by atoms with van der Waals surface area (Å²) in [6.07, 6.45) is 2.17. The maximum atomic E-state index is 13.3. The van der Waals surface area contributed by atoms with Crippen molar-refractivity contribution in [3.8, 4) is 0 Å². The molecular weight excluding hydrogens is 235 g/mol. The van der Waals surface area contributed by atoms with E-state index >= 15 is 0 Å². The second kappa shape index (κ2) is 3.71. The molecule has 0 aromatic rings. The molecule has 2 rings (SSSR count). The number of rotatable bonds is 0. The molecule has 1 aliphatic heterocycles. The predicted octanol–water partition coefficient (Wildman–Crippen LogP) is 0.703. The Morgan fingerprint density at radius 3 is 2.69 bits per heavy atom. The maximum absolute atomic E-state index is 13.3. The lowest BCUT2D eigenvalue weighted by Gasteiger charge is -2.22. The molecule has 2 aliphatic rings. The Morgan fingerprint density at radius 2 is 2.06 bits per heavy atom. The lowest BCUT2D eigenvalue weighted by molar-refractivity contribution is -0.144. The third kappa shape index (κ3) is 1.61. The van der Waals surface area contributed by atoms with Crippen molar-refractivity contribution >= 4 is 21.1 Å². The van der Waals surface area contributed by atoms with Crippen molar-refractivity contribution in [3.05, 3.63) is 35.1 Å². The topological polar surface area (TPSA) is 60.4 Å². The molecule has 0 bridgehead atoms. The van der Waals surface area contributed by atoms with Gasteiger partial charge in [-0.25, -0.2) is 9.18 Å². The van der Waals surface area contributed by atoms with Gasteiger partial charge >= 0.3 is 5.97 Å². The fourth-order valence-electron chi connectivity index (χ4n) is 1.49. The standard InChI is InChI=1S/C10H7FO4S/c1-5-7-3-2-6(16(13)14)4-8(7)15-10(12)9(5)11/h2-4,9H,1H3. The number of fused-ring (bicyclic) bond motifs is 1. The number of halogens is 1. The number of carbonyl (C=O) groups excluding carboxylic acids is 1. The van der Waals surface area contributed by atoms with Crippen LogP contribution in [0.1, 0.15) is 6.92 Å². The smallest absolute Gasteiger partial charge is 0.350 e. The van der Waals surface area contributed by atoms with Crippen LogP contribution in [0.4, 0.5) is 4.39 Å². The molecule has 0 radical (unpaired) electrons. The maximum Gasteiger partial charge on any atom is 0.350 e. The zero-order chi connectivity index (χ0) is 11.9. The van der Waals surface area contributed by atoms with Gasteiger partial charge in [0.1, 0.15) is 5.76 Å². The van der Waals surface area contributed by atoms with Crippen molar-refractivity contribution in [2.45, 2.75) is 13.1 Å². The van der Waals surface area contributed by atoms with E-state index in [9.17, 15) is 17.6 Å². The Hall–Kier alpha value is -1.69. The number of hydrogen-bond donors (Lipinski definition) is 0. The van der Waals surface area contributed by atoms with Gasteiger partial charge in [0.25, 0.3) is 0 Å². The highest BCUT2D eigenvalue weighted by Gasteiger charge is 2.32. The van der Waals surface area contributed by atoms with Gasteiger partial charge in [0.2, 0.25) is 16.5 Å². The van der Waals surface area contributed by atoms with Crippen LogP contribution in [0.3, 0.4) is 0 Å². The minimum Gasteiger partial charge on any atom is -0.423 e. The van der Waals surface area contributed by atoms with Crippen molar-refractivity contribution in [1.82, 2.24) is 0 Å². The molecule has 0 aromatic heterocycles. The van der Waals surface area contributed by atoms with Crippen LogP contribution in [0.2, 0.25) is 0 Å². The van der Waals surface area contributed by atoms with E-state index in [0.29, 0.717) is 5.57 Å². The van der Waals surface area contributed by atoms with Gasteiger partial charge in [0, 0.05) is 11.6 Å². The zero-order valence-electron chi connectivity index (χ0n) is 8.23. The first kappa shape index (κ1) is 10.8. The highest BCUT2D eigenvalue weighted by Crippen LogP contribution is 2.30. The molecule has 0 spiro atoms. The van der Waals surface area contributed by atoms with E-state index in [1.807, 2.05) is 0 Å². The number of esters is 1. The number of allylic oxidation sites excluding steroid dienone is 3. The van der Waals surface area contributed by atoms with Gasteiger partial charge in [-0.1, -0.05) is 0 Å². The minimum atomic E-state index is -2.40. The average molecular weight is 242 g/mol. The summed E-state index contributed by atoms with van der Waals surface area (Å²) >= 11 is 0. The molecular formula is C10H7FO4S. The van der Waals surface area contributed by atoms with E-state index < -0.39 is 22.4 Å². The number of alkyl halides is 1. The lowest BCUT2D eigenvalue weighted by Crippen LogP contribution is -2.27. The van der Waals surface area contributed by atoms with Gasteiger partial charge in [-0.2, -0.15) is 8.42 Å². The molecule has 0 fully saturated rings. The molecule has 0 saturated carbocycles. The normalized spacial score (nSPS) is 23.9. The monoisotopic (exact) mass is 242 g/mol. The zero-order valence-corrected chi connectivity index (χ0v) is 9.05. The first-order valence-corrected chi connectivity index (χ1v) is 5.51. The van der Waals surface area contributed by atoms with Gasteiger partial charge in [-0.3, -0.25) is 0 Å². The van der Waals surface area contributed by atoms with Crippen molar-refractivity contribution in [2.24, 2.45) is 0 Å². The molecule has 0 saturated heterocycles. The molecule has 6 heteroatoms. The second-order valence-corrected chi connectivity index (χ2v) is 4.30. The van der Waals surface area contributed by atoms with Gasteiger partial charge in [-0.05, 0) is 24.6 Å². The molecule has 1 unspecified atom stereocenters. The molecule has 1 heterocycles. The van der Waals surface area contributed by atoms with E-state index in [-0.39, 0.29) is 16.2 Å². The molecule has 0 aromatic carbocycles. The highest BCUT2D eigenvalue weighted by atomic mass is 32.2. The van der Waals surface area contributed by atoms with E-state index in [1.54, 1.807) is 0 Å². The van der Waals surface area contributed by atoms with Crippen LogP contribution in [0.25, 0.3) is 0 Å². The molecule has 1 aliphatic carbocycles. The van der Waals surface area contributed by atoms with Crippen molar-refractivity contribution in [2.75, 3.05) is 0 Å². The Labute approximate surface area is 92.2 Å². The van der Waals surface area contributed by atoms with E-state index in [0.717, 1.165) is 0 Å². The number of carbonyl (C=O) groups is 1. The second-order valence-electron chi connectivity index (χ2n) is 3.36.